The van der Waals surface area contributed by atoms with Gasteiger partial charge in [0, 0.05) is 29.5 Å². The first-order valence-electron chi connectivity index (χ1n) is 21.8. The third-order valence-electron chi connectivity index (χ3n) is 13.0. The van der Waals surface area contributed by atoms with Crippen molar-refractivity contribution in [2.75, 3.05) is 20.3 Å². The third-order valence-corrected chi connectivity index (χ3v) is 14.8. The van der Waals surface area contributed by atoms with Gasteiger partial charge in [0.05, 0.1) is 36.7 Å². The predicted octanol–water partition coefficient (Wildman–Crippen LogP) is 5.94. The highest BCUT2D eigenvalue weighted by atomic mass is 32.2. The van der Waals surface area contributed by atoms with Crippen LogP contribution in [0.4, 0.5) is 4.79 Å². The summed E-state index contributed by atoms with van der Waals surface area (Å²) in [5, 5.41) is 5.98. The molecule has 8 rings (SSSR count). The Labute approximate surface area is 351 Å². The summed E-state index contributed by atoms with van der Waals surface area (Å²) in [6, 6.07) is 13.6. The lowest BCUT2D eigenvalue weighted by Crippen LogP contribution is -2.58. The number of hydrogen-bond acceptors (Lipinski definition) is 10. The first kappa shape index (κ1) is 41.8. The molecule has 15 heteroatoms. The van der Waals surface area contributed by atoms with Gasteiger partial charge < -0.3 is 29.7 Å². The van der Waals surface area contributed by atoms with Gasteiger partial charge in [-0.05, 0) is 74.8 Å². The molecule has 4 heterocycles. The number of aromatic nitrogens is 1. The van der Waals surface area contributed by atoms with Gasteiger partial charge in [0.15, 0.2) is 0 Å². The molecule has 14 nitrogen and oxygen atoms in total. The number of carbonyl (C=O) groups excluding carboxylic acids is 4. The highest BCUT2D eigenvalue weighted by Crippen LogP contribution is 2.48. The number of hydrogen-bond donors (Lipinski definition) is 3. The van der Waals surface area contributed by atoms with Crippen LogP contribution in [0.15, 0.2) is 48.5 Å². The molecule has 4 amide bonds. The lowest BCUT2D eigenvalue weighted by Gasteiger charge is -2.30. The molecule has 2 saturated carbocycles. The molecule has 1 unspecified atom stereocenters. The molecule has 2 saturated heterocycles. The van der Waals surface area contributed by atoms with Crippen molar-refractivity contribution < 1.29 is 41.8 Å². The largest absolute Gasteiger partial charge is 0.496 e. The molecule has 0 radical (unpaired) electrons. The Kier molecular flexibility index (Phi) is 12.3. The van der Waals surface area contributed by atoms with Crippen LogP contribution in [-0.4, -0.2) is 91.4 Å². The second kappa shape index (κ2) is 17.6. The molecule has 5 aliphatic rings. The molecule has 1 aromatic heterocycles. The molecule has 3 aromatic rings. The van der Waals surface area contributed by atoms with Crippen LogP contribution in [0.5, 0.6) is 11.5 Å². The summed E-state index contributed by atoms with van der Waals surface area (Å²) in [5.74, 6) is -0.653. The molecule has 5 bridgehead atoms. The maximum Gasteiger partial charge on any atom is 0.407 e. The molecule has 2 aliphatic carbocycles. The van der Waals surface area contributed by atoms with Crippen molar-refractivity contribution in [3.63, 3.8) is 0 Å². The predicted molar refractivity (Wildman–Crippen MR) is 225 cm³/mol. The van der Waals surface area contributed by atoms with E-state index in [0.717, 1.165) is 67.9 Å². The van der Waals surface area contributed by atoms with E-state index in [0.29, 0.717) is 61.2 Å². The molecule has 3 N–H and O–H groups in total. The number of carbonyl (C=O) groups is 4. The average Bonchev–Trinajstić information content (AvgIpc) is 4.17. The van der Waals surface area contributed by atoms with Crippen molar-refractivity contribution in [2.45, 2.75) is 132 Å². The number of aryl methyl sites for hydroxylation is 1. The third kappa shape index (κ3) is 9.20. The number of methoxy groups -OCH3 is 1. The monoisotopic (exact) mass is 843 g/mol. The number of rotatable bonds is 5. The molecule has 4 fully saturated rings. The number of amides is 4. The molecule has 322 valence electrons. The fraction of sp³-hybridized carbons (Fsp3) is 0.578. The van der Waals surface area contributed by atoms with Crippen LogP contribution in [0.3, 0.4) is 0 Å². The van der Waals surface area contributed by atoms with Crippen molar-refractivity contribution in [1.29, 1.82) is 0 Å². The van der Waals surface area contributed by atoms with Crippen molar-refractivity contribution in [2.24, 2.45) is 11.8 Å². The Morgan fingerprint density at radius 3 is 2.47 bits per heavy atom. The van der Waals surface area contributed by atoms with Gasteiger partial charge in [-0.1, -0.05) is 75.8 Å². The summed E-state index contributed by atoms with van der Waals surface area (Å²) >= 11 is 0. The summed E-state index contributed by atoms with van der Waals surface area (Å²) in [6.45, 7) is 2.25. The molecular weight excluding hydrogens is 787 g/mol. The lowest BCUT2D eigenvalue weighted by molar-refractivity contribution is -0.141. The summed E-state index contributed by atoms with van der Waals surface area (Å²) in [7, 11) is -2.23. The minimum atomic E-state index is -3.88. The quantitative estimate of drug-likeness (QED) is 0.278. The van der Waals surface area contributed by atoms with Gasteiger partial charge in [0.2, 0.25) is 21.8 Å². The van der Waals surface area contributed by atoms with Crippen LogP contribution < -0.4 is 24.8 Å². The first-order valence-corrected chi connectivity index (χ1v) is 23.3. The average molecular weight is 844 g/mol. The lowest BCUT2D eigenvalue weighted by atomic mass is 9.99. The van der Waals surface area contributed by atoms with Crippen molar-refractivity contribution in [1.82, 2.24) is 25.2 Å². The normalized spacial score (nSPS) is 28.3. The minimum Gasteiger partial charge on any atom is -0.496 e. The SMILES string of the molecule is COc1cc2nc(-c3ccccc3)cc3c2cc1CCCC[C@H](C)COC(=O)N[C@H]1CCCCCCCC2C[C@@]2(C(=O)NS(=O)(=O)C2CC2)NC(=O)[C@@H]2C[C@H](CN2C1=O)O3. The van der Waals surface area contributed by atoms with Crippen molar-refractivity contribution in [3.05, 3.63) is 54.1 Å². The molecule has 60 heavy (non-hydrogen) atoms. The number of ether oxygens (including phenoxy) is 3. The summed E-state index contributed by atoms with van der Waals surface area (Å²) in [5.41, 5.74) is 1.80. The second-order valence-electron chi connectivity index (χ2n) is 17.6. The molecular formula is C45H57N5O9S. The topological polar surface area (TPSA) is 182 Å². The maximum atomic E-state index is 14.8. The van der Waals surface area contributed by atoms with E-state index < -0.39 is 62.8 Å². The van der Waals surface area contributed by atoms with Crippen LogP contribution in [0, 0.1) is 11.8 Å². The Hall–Kier alpha value is -4.92. The Balaban J connectivity index is 1.18. The summed E-state index contributed by atoms with van der Waals surface area (Å²) in [4.78, 5) is 63.2. The van der Waals surface area contributed by atoms with Crippen LogP contribution >= 0.6 is 0 Å². The Morgan fingerprint density at radius 2 is 1.70 bits per heavy atom. The van der Waals surface area contributed by atoms with E-state index in [-0.39, 0.29) is 31.4 Å². The number of nitrogens with one attached hydrogen (secondary N) is 3. The molecule has 6 atom stereocenters. The van der Waals surface area contributed by atoms with E-state index in [9.17, 15) is 27.6 Å². The fourth-order valence-corrected chi connectivity index (χ4v) is 10.6. The zero-order valence-electron chi connectivity index (χ0n) is 34.6. The van der Waals surface area contributed by atoms with Gasteiger partial charge in [-0.2, -0.15) is 0 Å². The van der Waals surface area contributed by atoms with Crippen molar-refractivity contribution in [3.8, 4) is 22.8 Å². The number of cyclic esters (lactones) is 1. The minimum absolute atomic E-state index is 0.0212. The summed E-state index contributed by atoms with van der Waals surface area (Å²) in [6.07, 6.45) is 8.43. The van der Waals surface area contributed by atoms with E-state index >= 15 is 0 Å². The van der Waals surface area contributed by atoms with Gasteiger partial charge in [0.1, 0.15) is 35.2 Å². The maximum absolute atomic E-state index is 14.8. The molecule has 2 aromatic carbocycles. The fourth-order valence-electron chi connectivity index (χ4n) is 9.23. The number of pyridine rings is 1. The van der Waals surface area contributed by atoms with Crippen LogP contribution in [0.1, 0.15) is 102 Å². The highest BCUT2D eigenvalue weighted by molar-refractivity contribution is 7.91. The first-order chi connectivity index (χ1) is 28.9. The zero-order chi connectivity index (χ0) is 42.0. The van der Waals surface area contributed by atoms with Gasteiger partial charge in [-0.3, -0.25) is 19.1 Å². The standard InChI is InChI=1S/C45H57N5O9S/c1-28-13-11-12-16-30-21-34-37(24-39(30)57-2)46-36(29-14-7-6-8-15-29)23-40(34)59-32-22-38-41(51)48-45(43(53)49-60(55,56)33-19-20-33)25-31(45)17-9-4-3-5-10-18-35(42(52)50(38)26-32)47-44(54)58-27-28/h6-8,14-15,21,23-24,28,31-33,35,38H,3-5,9-13,16-20,22,25-27H2,1-2H3,(H,47,54)(H,48,51)(H,49,53)/t28-,31?,32+,35-,38-,45+/m0/s1. The van der Waals surface area contributed by atoms with Crippen molar-refractivity contribution >= 4 is 44.7 Å². The Bertz CT molecular complexity index is 2220. The van der Waals surface area contributed by atoms with Gasteiger partial charge >= 0.3 is 6.09 Å². The highest BCUT2D eigenvalue weighted by Gasteiger charge is 2.62. The van der Waals surface area contributed by atoms with Crippen LogP contribution in [0.2, 0.25) is 0 Å². The smallest absolute Gasteiger partial charge is 0.407 e. The van der Waals surface area contributed by atoms with Gasteiger partial charge in [-0.15, -0.1) is 0 Å². The van der Waals surface area contributed by atoms with E-state index in [1.165, 1.54) is 4.90 Å². The zero-order valence-corrected chi connectivity index (χ0v) is 35.4. The number of alkyl carbamates (subject to hydrolysis) is 1. The number of benzene rings is 2. The van der Waals surface area contributed by atoms with E-state index in [4.69, 9.17) is 19.2 Å². The molecule has 0 spiro atoms. The summed E-state index contributed by atoms with van der Waals surface area (Å²) < 4.78 is 46.7. The van der Waals surface area contributed by atoms with Gasteiger partial charge in [0.25, 0.3) is 5.91 Å². The number of fused-ring (bicyclic) bond motifs is 4. The molecule has 3 aliphatic heterocycles. The van der Waals surface area contributed by atoms with E-state index in [1.807, 2.05) is 49.4 Å². The second-order valence-corrected chi connectivity index (χ2v) is 19.5. The number of nitrogens with zero attached hydrogens (tertiary/aromatic N) is 2. The Morgan fingerprint density at radius 1 is 0.950 bits per heavy atom. The van der Waals surface area contributed by atoms with Crippen LogP contribution in [0.25, 0.3) is 22.2 Å². The van der Waals surface area contributed by atoms with E-state index in [1.54, 1.807) is 7.11 Å². The number of sulfonamides is 1. The van der Waals surface area contributed by atoms with Crippen LogP contribution in [-0.2, 0) is 35.6 Å². The van der Waals surface area contributed by atoms with E-state index in [2.05, 4.69) is 21.4 Å². The van der Waals surface area contributed by atoms with Gasteiger partial charge in [-0.25, -0.2) is 18.2 Å².